The summed E-state index contributed by atoms with van der Waals surface area (Å²) in [6, 6.07) is 8.77. The molecule has 0 atom stereocenters. The van der Waals surface area contributed by atoms with Crippen LogP contribution in [-0.4, -0.2) is 0 Å². The van der Waals surface area contributed by atoms with Crippen molar-refractivity contribution in [2.75, 3.05) is 0 Å². The molecule has 0 heterocycles. The summed E-state index contributed by atoms with van der Waals surface area (Å²) in [5.74, 6) is 0. The molecule has 1 aromatic rings. The molecule has 0 spiro atoms. The number of rotatable bonds is 4. The maximum atomic E-state index is 3.00. The molecule has 0 N–H and O–H groups in total. The van der Waals surface area contributed by atoms with E-state index in [1.165, 1.54) is 36.0 Å². The minimum absolute atomic E-state index is 1.17. The zero-order chi connectivity index (χ0) is 11.2. The topological polar surface area (TPSA) is 0 Å². The zero-order valence-corrected chi connectivity index (χ0v) is 9.66. The second kappa shape index (κ2) is 5.37. The molecule has 0 saturated carbocycles. The highest BCUT2D eigenvalue weighted by atomic mass is 14.0. The molecule has 0 saturated heterocycles. The van der Waals surface area contributed by atoms with Crippen molar-refractivity contribution >= 4 is 5.57 Å². The van der Waals surface area contributed by atoms with Gasteiger partial charge in [-0.1, -0.05) is 49.1 Å². The molecule has 0 amide bonds. The van der Waals surface area contributed by atoms with Gasteiger partial charge in [-0.05, 0) is 47.8 Å². The first-order valence-electron chi connectivity index (χ1n) is 5.87. The van der Waals surface area contributed by atoms with Crippen LogP contribution in [0.4, 0.5) is 0 Å². The van der Waals surface area contributed by atoms with Gasteiger partial charge < -0.3 is 0 Å². The molecular formula is C16H16. The Morgan fingerprint density at radius 3 is 2.88 bits per heavy atom. The number of allylic oxidation sites excluding steroid dienone is 4. The number of hydrogen-bond donors (Lipinski definition) is 0. The molecule has 2 rings (SSSR count). The van der Waals surface area contributed by atoms with Crippen molar-refractivity contribution in [2.24, 2.45) is 0 Å². The predicted octanol–water partition coefficient (Wildman–Crippen LogP) is 4.29. The summed E-state index contributed by atoms with van der Waals surface area (Å²) in [4.78, 5) is 0. The summed E-state index contributed by atoms with van der Waals surface area (Å²) >= 11 is 0. The maximum Gasteiger partial charge on any atom is -0.00365 e. The Hall–Kier alpha value is -1.74. The van der Waals surface area contributed by atoms with Crippen molar-refractivity contribution < 1.29 is 0 Å². The lowest BCUT2D eigenvalue weighted by Gasteiger charge is -2.05. The lowest BCUT2D eigenvalue weighted by Crippen LogP contribution is -1.88. The molecule has 1 aliphatic rings. The second-order valence-electron chi connectivity index (χ2n) is 4.03. The Morgan fingerprint density at radius 1 is 1.19 bits per heavy atom. The van der Waals surface area contributed by atoms with Crippen molar-refractivity contribution in [1.82, 2.24) is 0 Å². The number of aryl methyl sites for hydroxylation is 1. The van der Waals surface area contributed by atoms with Crippen LogP contribution < -0.4 is 0 Å². The van der Waals surface area contributed by atoms with E-state index in [0.29, 0.717) is 0 Å². The van der Waals surface area contributed by atoms with E-state index in [4.69, 9.17) is 0 Å². The van der Waals surface area contributed by atoms with Crippen molar-refractivity contribution in [1.29, 1.82) is 0 Å². The first-order valence-corrected chi connectivity index (χ1v) is 5.87. The standard InChI is InChI=1S/C16H16/c1-2-3-8-14-9-7-12-16(13-14)15-10-5-4-6-11-15/h5,7,9-13H,2-3,8H2,1H3. The van der Waals surface area contributed by atoms with E-state index < -0.39 is 0 Å². The van der Waals surface area contributed by atoms with Gasteiger partial charge in [-0.2, -0.15) is 0 Å². The van der Waals surface area contributed by atoms with Crippen LogP contribution in [0.25, 0.3) is 5.57 Å². The normalized spacial score (nSPS) is 12.9. The third kappa shape index (κ3) is 2.64. The highest BCUT2D eigenvalue weighted by molar-refractivity contribution is 5.76. The van der Waals surface area contributed by atoms with Gasteiger partial charge in [0.1, 0.15) is 0 Å². The zero-order valence-electron chi connectivity index (χ0n) is 9.66. The Labute approximate surface area is 97.3 Å². The molecule has 1 aliphatic carbocycles. The van der Waals surface area contributed by atoms with Gasteiger partial charge in [0.05, 0.1) is 0 Å². The van der Waals surface area contributed by atoms with E-state index in [-0.39, 0.29) is 0 Å². The molecule has 0 unspecified atom stereocenters. The first kappa shape index (κ1) is 10.8. The first-order chi connectivity index (χ1) is 7.90. The van der Waals surface area contributed by atoms with Gasteiger partial charge in [-0.25, -0.2) is 0 Å². The number of hydrogen-bond acceptors (Lipinski definition) is 0. The van der Waals surface area contributed by atoms with E-state index in [2.05, 4.69) is 48.7 Å². The molecule has 0 aromatic heterocycles. The molecule has 80 valence electrons. The van der Waals surface area contributed by atoms with Crippen LogP contribution in [0.15, 0.2) is 54.0 Å². The van der Waals surface area contributed by atoms with E-state index in [1.54, 1.807) is 0 Å². The SMILES string of the molecule is CCCCc1cccc(C2=CC=C=C=C2)c1. The summed E-state index contributed by atoms with van der Waals surface area (Å²) in [5.41, 5.74) is 9.84. The molecule has 0 bridgehead atoms. The van der Waals surface area contributed by atoms with Gasteiger partial charge in [0.25, 0.3) is 0 Å². The molecule has 1 aromatic carbocycles. The number of benzene rings is 1. The van der Waals surface area contributed by atoms with Gasteiger partial charge in [0, 0.05) is 0 Å². The lowest BCUT2D eigenvalue weighted by atomic mass is 9.99. The van der Waals surface area contributed by atoms with E-state index in [9.17, 15) is 0 Å². The van der Waals surface area contributed by atoms with Gasteiger partial charge in [-0.15, -0.1) is 0 Å². The molecule has 0 fully saturated rings. The summed E-state index contributed by atoms with van der Waals surface area (Å²) < 4.78 is 0. The summed E-state index contributed by atoms with van der Waals surface area (Å²) in [6.45, 7) is 2.23. The van der Waals surface area contributed by atoms with Crippen LogP contribution in [0, 0.1) is 0 Å². The van der Waals surface area contributed by atoms with Crippen LogP contribution in [-0.2, 0) is 6.42 Å². The molecule has 16 heavy (non-hydrogen) atoms. The lowest BCUT2D eigenvalue weighted by molar-refractivity contribution is 0.795. The monoisotopic (exact) mass is 208 g/mol. The molecule has 0 aliphatic heterocycles. The van der Waals surface area contributed by atoms with Gasteiger partial charge in [-0.3, -0.25) is 0 Å². The van der Waals surface area contributed by atoms with Gasteiger partial charge in [0.15, 0.2) is 0 Å². The number of unbranched alkanes of at least 4 members (excludes halogenated alkanes) is 1. The Balaban J connectivity index is 2.19. The van der Waals surface area contributed by atoms with Crippen LogP contribution in [0.3, 0.4) is 0 Å². The highest BCUT2D eigenvalue weighted by Gasteiger charge is 2.00. The third-order valence-corrected chi connectivity index (χ3v) is 2.74. The van der Waals surface area contributed by atoms with Crippen molar-refractivity contribution in [3.8, 4) is 0 Å². The minimum atomic E-state index is 1.17. The van der Waals surface area contributed by atoms with Crippen molar-refractivity contribution in [3.05, 3.63) is 65.1 Å². The third-order valence-electron chi connectivity index (χ3n) is 2.74. The maximum absolute atomic E-state index is 3.00. The fraction of sp³-hybridized carbons (Fsp3) is 0.250. The molecule has 0 nitrogen and oxygen atoms in total. The van der Waals surface area contributed by atoms with Crippen LogP contribution in [0.2, 0.25) is 0 Å². The fourth-order valence-corrected chi connectivity index (χ4v) is 1.81. The van der Waals surface area contributed by atoms with E-state index in [1.807, 2.05) is 12.2 Å². The van der Waals surface area contributed by atoms with Gasteiger partial charge >= 0.3 is 0 Å². The van der Waals surface area contributed by atoms with Crippen LogP contribution >= 0.6 is 0 Å². The summed E-state index contributed by atoms with van der Waals surface area (Å²) in [5, 5.41) is 0. The fourth-order valence-electron chi connectivity index (χ4n) is 1.81. The van der Waals surface area contributed by atoms with Crippen molar-refractivity contribution in [3.63, 3.8) is 0 Å². The second-order valence-corrected chi connectivity index (χ2v) is 4.03. The quantitative estimate of drug-likeness (QED) is 0.647. The molecule has 0 heteroatoms. The average Bonchev–Trinajstić information content (AvgIpc) is 2.38. The molecular weight excluding hydrogens is 192 g/mol. The minimum Gasteiger partial charge on any atom is -0.0702 e. The van der Waals surface area contributed by atoms with E-state index in [0.717, 1.165) is 0 Å². The highest BCUT2D eigenvalue weighted by Crippen LogP contribution is 2.19. The van der Waals surface area contributed by atoms with Crippen LogP contribution in [0.1, 0.15) is 30.9 Å². The largest absolute Gasteiger partial charge is 0.0702 e. The smallest absolute Gasteiger partial charge is 0.00365 e. The van der Waals surface area contributed by atoms with Crippen molar-refractivity contribution in [2.45, 2.75) is 26.2 Å². The Bertz CT molecular complexity index is 491. The van der Waals surface area contributed by atoms with Gasteiger partial charge in [0.2, 0.25) is 0 Å². The Morgan fingerprint density at radius 2 is 2.12 bits per heavy atom. The predicted molar refractivity (Wildman–Crippen MR) is 69.2 cm³/mol. The summed E-state index contributed by atoms with van der Waals surface area (Å²) in [6.07, 6.45) is 9.66. The van der Waals surface area contributed by atoms with Crippen LogP contribution in [0.5, 0.6) is 0 Å². The van der Waals surface area contributed by atoms with E-state index >= 15 is 0 Å². The molecule has 0 radical (unpaired) electrons. The summed E-state index contributed by atoms with van der Waals surface area (Å²) in [7, 11) is 0. The Kier molecular flexibility index (Phi) is 3.62. The average molecular weight is 208 g/mol.